The van der Waals surface area contributed by atoms with Crippen LogP contribution in [-0.4, -0.2) is 96.7 Å². The van der Waals surface area contributed by atoms with Crippen molar-refractivity contribution >= 4 is 39.5 Å². The summed E-state index contributed by atoms with van der Waals surface area (Å²) in [4.78, 5) is 73.2. The Labute approximate surface area is 645 Å². The second-order valence-electron chi connectivity index (χ2n) is 28.0. The number of allylic oxidation sites excluding steroid dienone is 18. The van der Waals surface area contributed by atoms with Gasteiger partial charge >= 0.3 is 39.5 Å². The molecule has 0 aromatic carbocycles. The number of hydrogen-bond donors (Lipinski definition) is 3. The minimum absolute atomic E-state index is 0.0774. The maximum Gasteiger partial charge on any atom is 0.472 e. The Morgan fingerprint density at radius 3 is 0.774 bits per heavy atom. The zero-order valence-corrected chi connectivity index (χ0v) is 68.9. The number of unbranched alkanes of at least 4 members (excludes halogenated alkanes) is 35. The number of carbonyl (C=O) groups excluding carboxylic acids is 4. The standard InChI is InChI=1S/C87H152O17P2/c1-5-9-13-17-21-25-29-33-37-39-40-42-46-48-52-56-60-64-68-72-85(90)98-78-83(104-87(92)74-70-66-62-58-54-50-44-36-32-28-24-20-16-12-8-4)80-102-106(95,96)100-76-81(88)75-99-105(93,94)101-79-82(103-86(91)73-69-65-61-57-53-49-43-35-31-27-23-19-15-11-7-3)77-97-84(89)71-67-63-59-55-51-47-45-41-38-34-30-26-22-18-14-10-6-2/h9-10,13-14,21-22,25-26,33-34,36-38,40,42,44,48,52,81-83,88H,5-8,11-12,15-20,23-24,27-32,35,39,41,43,45-47,49-51,53-80H2,1-4H3,(H,93,94)(H,95,96)/b13-9-,14-10-,25-21-,26-22-,37-33-,38-34-,42-40-,44-36-,52-48-. The van der Waals surface area contributed by atoms with Crippen molar-refractivity contribution in [2.75, 3.05) is 39.6 Å². The van der Waals surface area contributed by atoms with E-state index in [1.807, 2.05) is 0 Å². The smallest absolute Gasteiger partial charge is 0.462 e. The van der Waals surface area contributed by atoms with Crippen LogP contribution in [0.2, 0.25) is 0 Å². The highest BCUT2D eigenvalue weighted by molar-refractivity contribution is 7.47. The largest absolute Gasteiger partial charge is 0.472 e. The molecule has 3 N–H and O–H groups in total. The molecule has 106 heavy (non-hydrogen) atoms. The van der Waals surface area contributed by atoms with Crippen LogP contribution in [0.4, 0.5) is 0 Å². The van der Waals surface area contributed by atoms with Gasteiger partial charge in [-0.25, -0.2) is 9.13 Å². The van der Waals surface area contributed by atoms with Gasteiger partial charge in [0.05, 0.1) is 26.4 Å². The van der Waals surface area contributed by atoms with Gasteiger partial charge in [0.2, 0.25) is 0 Å². The van der Waals surface area contributed by atoms with Crippen molar-refractivity contribution in [3.8, 4) is 0 Å². The predicted octanol–water partition coefficient (Wildman–Crippen LogP) is 24.9. The lowest BCUT2D eigenvalue weighted by atomic mass is 10.0. The first-order valence-electron chi connectivity index (χ1n) is 42.1. The van der Waals surface area contributed by atoms with Crippen LogP contribution in [0.15, 0.2) is 109 Å². The molecule has 0 aliphatic heterocycles. The highest BCUT2D eigenvalue weighted by atomic mass is 31.2. The third-order valence-electron chi connectivity index (χ3n) is 17.7. The molecule has 0 aliphatic rings. The Balaban J connectivity index is 5.39. The highest BCUT2D eigenvalue weighted by Gasteiger charge is 2.30. The molecule has 0 fully saturated rings. The molecule has 0 heterocycles. The lowest BCUT2D eigenvalue weighted by Crippen LogP contribution is -2.30. The summed E-state index contributed by atoms with van der Waals surface area (Å²) in [5.41, 5.74) is 0. The van der Waals surface area contributed by atoms with Gasteiger partial charge in [0, 0.05) is 25.7 Å². The Hall–Kier alpha value is -4.28. The maximum absolute atomic E-state index is 13.1. The second-order valence-corrected chi connectivity index (χ2v) is 30.9. The first-order valence-corrected chi connectivity index (χ1v) is 45.1. The van der Waals surface area contributed by atoms with E-state index < -0.39 is 97.5 Å². The van der Waals surface area contributed by atoms with Gasteiger partial charge in [-0.1, -0.05) is 317 Å². The average molecular weight is 1530 g/mol. The Kier molecular flexibility index (Phi) is 75.6. The summed E-state index contributed by atoms with van der Waals surface area (Å²) in [6, 6.07) is 0. The van der Waals surface area contributed by atoms with Crippen LogP contribution in [0.25, 0.3) is 0 Å². The van der Waals surface area contributed by atoms with E-state index in [1.165, 1.54) is 103 Å². The van der Waals surface area contributed by atoms with Gasteiger partial charge in [-0.05, 0) is 128 Å². The molecule has 0 saturated carbocycles. The fourth-order valence-electron chi connectivity index (χ4n) is 11.4. The number of hydrogen-bond acceptors (Lipinski definition) is 15. The predicted molar refractivity (Wildman–Crippen MR) is 436 cm³/mol. The lowest BCUT2D eigenvalue weighted by molar-refractivity contribution is -0.161. The Morgan fingerprint density at radius 2 is 0.491 bits per heavy atom. The van der Waals surface area contributed by atoms with Gasteiger partial charge in [-0.15, -0.1) is 0 Å². The van der Waals surface area contributed by atoms with Crippen molar-refractivity contribution in [1.82, 2.24) is 0 Å². The van der Waals surface area contributed by atoms with E-state index in [4.69, 9.17) is 37.0 Å². The average Bonchev–Trinajstić information content (AvgIpc) is 0.909. The molecule has 0 bridgehead atoms. The number of phosphoric ester groups is 2. The van der Waals surface area contributed by atoms with Crippen molar-refractivity contribution in [3.05, 3.63) is 109 Å². The fraction of sp³-hybridized carbons (Fsp3) is 0.747. The zero-order valence-electron chi connectivity index (χ0n) is 67.1. The van der Waals surface area contributed by atoms with Crippen molar-refractivity contribution in [1.29, 1.82) is 0 Å². The molecule has 0 aliphatic carbocycles. The van der Waals surface area contributed by atoms with E-state index in [2.05, 4.69) is 137 Å². The van der Waals surface area contributed by atoms with Crippen molar-refractivity contribution in [2.24, 2.45) is 0 Å². The molecule has 5 atom stereocenters. The van der Waals surface area contributed by atoms with E-state index in [-0.39, 0.29) is 25.7 Å². The molecular formula is C87H152O17P2. The van der Waals surface area contributed by atoms with E-state index in [0.717, 1.165) is 180 Å². The van der Waals surface area contributed by atoms with Crippen LogP contribution in [0.1, 0.15) is 362 Å². The molecule has 5 unspecified atom stereocenters. The van der Waals surface area contributed by atoms with E-state index >= 15 is 0 Å². The maximum atomic E-state index is 13.1. The first-order chi connectivity index (χ1) is 51.7. The van der Waals surface area contributed by atoms with Gasteiger partial charge in [0.15, 0.2) is 12.2 Å². The van der Waals surface area contributed by atoms with Crippen LogP contribution in [0.5, 0.6) is 0 Å². The summed E-state index contributed by atoms with van der Waals surface area (Å²) in [5.74, 6) is -2.21. The SMILES string of the molecule is CC/C=C\C/C=C\C/C=C\C/C=C\C/C=C\CCCCCC(=O)OCC(COP(=O)(O)OCC(O)COP(=O)(O)OCC(COC(=O)CCCCCCCCC/C=C\C/C=C\C/C=C\CC)OC(=O)CCCCCCCCCCCCCCCCC)OC(=O)CCCCCCC/C=C\CCCCCCCC. The van der Waals surface area contributed by atoms with Crippen molar-refractivity contribution < 1.29 is 80.2 Å². The molecule has 0 aromatic heterocycles. The fourth-order valence-corrected chi connectivity index (χ4v) is 13.0. The van der Waals surface area contributed by atoms with Crippen LogP contribution >= 0.6 is 15.6 Å². The third-order valence-corrected chi connectivity index (χ3v) is 19.6. The molecule has 612 valence electrons. The van der Waals surface area contributed by atoms with Crippen molar-refractivity contribution in [2.45, 2.75) is 380 Å². The van der Waals surface area contributed by atoms with Gasteiger partial charge in [-0.2, -0.15) is 0 Å². The first kappa shape index (κ1) is 102. The molecule has 17 nitrogen and oxygen atoms in total. The van der Waals surface area contributed by atoms with Crippen molar-refractivity contribution in [3.63, 3.8) is 0 Å². The molecule has 19 heteroatoms. The molecule has 0 aromatic rings. The number of phosphoric acid groups is 2. The summed E-state index contributed by atoms with van der Waals surface area (Å²) in [6.07, 6.45) is 86.2. The molecule has 0 saturated heterocycles. The summed E-state index contributed by atoms with van der Waals surface area (Å²) in [7, 11) is -9.97. The number of ether oxygens (including phenoxy) is 4. The summed E-state index contributed by atoms with van der Waals surface area (Å²) < 4.78 is 68.8. The van der Waals surface area contributed by atoms with Crippen LogP contribution < -0.4 is 0 Å². The molecule has 0 amide bonds. The van der Waals surface area contributed by atoms with Gasteiger partial charge in [0.1, 0.15) is 19.3 Å². The molecule has 0 radical (unpaired) electrons. The zero-order chi connectivity index (χ0) is 77.4. The molecular weight excluding hydrogens is 1380 g/mol. The van der Waals surface area contributed by atoms with Gasteiger partial charge in [-0.3, -0.25) is 37.3 Å². The number of carbonyl (C=O) groups is 4. The number of esters is 4. The highest BCUT2D eigenvalue weighted by Crippen LogP contribution is 2.45. The van der Waals surface area contributed by atoms with Crippen LogP contribution in [0, 0.1) is 0 Å². The van der Waals surface area contributed by atoms with Crippen LogP contribution in [0.3, 0.4) is 0 Å². The number of aliphatic hydroxyl groups excluding tert-OH is 1. The van der Waals surface area contributed by atoms with E-state index in [9.17, 15) is 43.2 Å². The third kappa shape index (κ3) is 77.9. The number of rotatable bonds is 79. The van der Waals surface area contributed by atoms with E-state index in [1.54, 1.807) is 0 Å². The van der Waals surface area contributed by atoms with E-state index in [0.29, 0.717) is 25.7 Å². The minimum atomic E-state index is -4.99. The summed E-state index contributed by atoms with van der Waals surface area (Å²) in [6.45, 7) is 4.65. The lowest BCUT2D eigenvalue weighted by Gasteiger charge is -2.21. The van der Waals surface area contributed by atoms with Gasteiger partial charge in [0.25, 0.3) is 0 Å². The molecule has 0 spiro atoms. The summed E-state index contributed by atoms with van der Waals surface area (Å²) >= 11 is 0. The minimum Gasteiger partial charge on any atom is -0.462 e. The van der Waals surface area contributed by atoms with Gasteiger partial charge < -0.3 is 33.8 Å². The normalized spacial score (nSPS) is 14.4. The quantitative estimate of drug-likeness (QED) is 0.0169. The topological polar surface area (TPSA) is 237 Å². The Bertz CT molecular complexity index is 2430. The second kappa shape index (κ2) is 78.8. The summed E-state index contributed by atoms with van der Waals surface area (Å²) in [5, 5.41) is 10.7. The number of aliphatic hydroxyl groups is 1. The molecule has 0 rings (SSSR count). The monoisotopic (exact) mass is 1530 g/mol. The Morgan fingerprint density at radius 1 is 0.274 bits per heavy atom. The van der Waals surface area contributed by atoms with Crippen LogP contribution in [-0.2, 0) is 65.4 Å².